The third kappa shape index (κ3) is 8.21. The Bertz CT molecular complexity index is 1060. The largest absolute Gasteiger partial charge is 0.323 e. The van der Waals surface area contributed by atoms with Crippen LogP contribution in [0.2, 0.25) is 0 Å². The molecule has 0 saturated heterocycles. The van der Waals surface area contributed by atoms with E-state index in [0.29, 0.717) is 43.4 Å². The molecule has 0 spiro atoms. The first kappa shape index (κ1) is 25.4. The zero-order chi connectivity index (χ0) is 24.4. The summed E-state index contributed by atoms with van der Waals surface area (Å²) in [5.74, 6) is 0. The van der Waals surface area contributed by atoms with Gasteiger partial charge in [-0.3, -0.25) is 0 Å². The normalized spacial score (nSPS) is 11.9. The molecular weight excluding hydrogens is 466 g/mol. The molecule has 4 rings (SSSR count). The summed E-state index contributed by atoms with van der Waals surface area (Å²) < 4.78 is 28.5. The van der Waals surface area contributed by atoms with E-state index in [9.17, 15) is 9.13 Å². The third-order valence-electron chi connectivity index (χ3n) is 6.39. The standard InChI is InChI=1S/C31H34O2P2/c32-34(24-28-14-5-1-6-15-28,25-29-16-7-2-8-17-29)22-13-23-35(33,26-30-18-9-3-10-19-30)27-31-20-11-4-12-21-31/h1-12,14-21H,13,22-27H2. The van der Waals surface area contributed by atoms with Crippen molar-refractivity contribution in [3.63, 3.8) is 0 Å². The Labute approximate surface area is 210 Å². The smallest absolute Gasteiger partial charge is 0.0961 e. The van der Waals surface area contributed by atoms with E-state index < -0.39 is 14.3 Å². The van der Waals surface area contributed by atoms with Gasteiger partial charge in [0.1, 0.15) is 0 Å². The second-order valence-electron chi connectivity index (χ2n) is 9.49. The van der Waals surface area contributed by atoms with Crippen molar-refractivity contribution in [2.24, 2.45) is 0 Å². The first-order valence-corrected chi connectivity index (χ1v) is 16.8. The summed E-state index contributed by atoms with van der Waals surface area (Å²) in [6.07, 6.45) is 4.30. The topological polar surface area (TPSA) is 34.1 Å². The summed E-state index contributed by atoms with van der Waals surface area (Å²) >= 11 is 0. The predicted molar refractivity (Wildman–Crippen MR) is 150 cm³/mol. The Balaban J connectivity index is 1.51. The molecule has 0 N–H and O–H groups in total. The van der Waals surface area contributed by atoms with Crippen LogP contribution in [0.4, 0.5) is 0 Å². The molecule has 0 saturated carbocycles. The summed E-state index contributed by atoms with van der Waals surface area (Å²) in [6, 6.07) is 40.6. The van der Waals surface area contributed by atoms with E-state index in [1.165, 1.54) is 0 Å². The minimum atomic E-state index is -2.54. The Morgan fingerprint density at radius 2 is 0.600 bits per heavy atom. The summed E-state index contributed by atoms with van der Waals surface area (Å²) in [5, 5.41) is 0. The molecule has 0 amide bonds. The van der Waals surface area contributed by atoms with Gasteiger partial charge in [-0.15, -0.1) is 0 Å². The average Bonchev–Trinajstić information content (AvgIpc) is 2.86. The molecule has 2 nitrogen and oxygen atoms in total. The van der Waals surface area contributed by atoms with Gasteiger partial charge in [0.15, 0.2) is 0 Å². The van der Waals surface area contributed by atoms with Gasteiger partial charge in [0.05, 0.1) is 14.3 Å². The monoisotopic (exact) mass is 500 g/mol. The van der Waals surface area contributed by atoms with Crippen LogP contribution >= 0.6 is 14.3 Å². The lowest BCUT2D eigenvalue weighted by Crippen LogP contribution is -2.04. The van der Waals surface area contributed by atoms with Crippen LogP contribution in [0.3, 0.4) is 0 Å². The van der Waals surface area contributed by atoms with E-state index in [0.717, 1.165) is 22.3 Å². The fraction of sp³-hybridized carbons (Fsp3) is 0.226. The maximum Gasteiger partial charge on any atom is 0.0961 e. The Morgan fingerprint density at radius 3 is 0.829 bits per heavy atom. The lowest BCUT2D eigenvalue weighted by atomic mass is 10.2. The van der Waals surface area contributed by atoms with Gasteiger partial charge in [-0.1, -0.05) is 121 Å². The van der Waals surface area contributed by atoms with Crippen LogP contribution in [0.5, 0.6) is 0 Å². The van der Waals surface area contributed by atoms with E-state index in [1.807, 2.05) is 72.8 Å². The number of hydrogen-bond acceptors (Lipinski definition) is 2. The molecule has 0 heterocycles. The molecule has 0 aromatic heterocycles. The van der Waals surface area contributed by atoms with Gasteiger partial charge in [-0.2, -0.15) is 0 Å². The van der Waals surface area contributed by atoms with Crippen LogP contribution < -0.4 is 0 Å². The quantitative estimate of drug-likeness (QED) is 0.182. The summed E-state index contributed by atoms with van der Waals surface area (Å²) in [7, 11) is -5.07. The van der Waals surface area contributed by atoms with E-state index in [4.69, 9.17) is 0 Å². The van der Waals surface area contributed by atoms with Crippen molar-refractivity contribution < 1.29 is 9.13 Å². The zero-order valence-corrected chi connectivity index (χ0v) is 22.0. The summed E-state index contributed by atoms with van der Waals surface area (Å²) in [4.78, 5) is 0. The molecule has 0 fully saturated rings. The van der Waals surface area contributed by atoms with E-state index in [1.54, 1.807) is 0 Å². The molecule has 180 valence electrons. The van der Waals surface area contributed by atoms with Gasteiger partial charge >= 0.3 is 0 Å². The second-order valence-corrected chi connectivity index (χ2v) is 15.9. The molecule has 0 radical (unpaired) electrons. The number of benzene rings is 4. The lowest BCUT2D eigenvalue weighted by Gasteiger charge is -2.22. The third-order valence-corrected chi connectivity index (χ3v) is 12.4. The van der Waals surface area contributed by atoms with Crippen molar-refractivity contribution in [3.8, 4) is 0 Å². The average molecular weight is 501 g/mol. The van der Waals surface area contributed by atoms with Crippen LogP contribution in [-0.4, -0.2) is 12.3 Å². The van der Waals surface area contributed by atoms with Gasteiger partial charge in [0.2, 0.25) is 0 Å². The van der Waals surface area contributed by atoms with Crippen molar-refractivity contribution >= 4 is 14.3 Å². The molecule has 4 aromatic carbocycles. The molecule has 0 bridgehead atoms. The predicted octanol–water partition coefficient (Wildman–Crippen LogP) is 8.90. The highest BCUT2D eigenvalue weighted by atomic mass is 31.2. The van der Waals surface area contributed by atoms with Gasteiger partial charge in [0.25, 0.3) is 0 Å². The zero-order valence-electron chi connectivity index (χ0n) is 20.2. The fourth-order valence-electron chi connectivity index (χ4n) is 4.74. The van der Waals surface area contributed by atoms with Gasteiger partial charge in [-0.25, -0.2) is 0 Å². The van der Waals surface area contributed by atoms with E-state index in [-0.39, 0.29) is 0 Å². The Hall–Kier alpha value is -2.66. The van der Waals surface area contributed by atoms with E-state index in [2.05, 4.69) is 48.5 Å². The lowest BCUT2D eigenvalue weighted by molar-refractivity contribution is 0.568. The minimum absolute atomic E-state index is 0.588. The van der Waals surface area contributed by atoms with Crippen LogP contribution in [-0.2, 0) is 33.8 Å². The highest BCUT2D eigenvalue weighted by molar-refractivity contribution is 7.63. The molecule has 0 aliphatic carbocycles. The van der Waals surface area contributed by atoms with Crippen molar-refractivity contribution in [1.29, 1.82) is 0 Å². The Morgan fingerprint density at radius 1 is 0.371 bits per heavy atom. The van der Waals surface area contributed by atoms with Crippen LogP contribution in [0, 0.1) is 0 Å². The first-order valence-electron chi connectivity index (χ1n) is 12.3. The molecule has 4 heteroatoms. The molecule has 0 aliphatic heterocycles. The molecular formula is C31H34O2P2. The van der Waals surface area contributed by atoms with E-state index >= 15 is 0 Å². The molecule has 0 atom stereocenters. The fourth-order valence-corrected chi connectivity index (χ4v) is 10.8. The van der Waals surface area contributed by atoms with Crippen molar-refractivity contribution in [2.75, 3.05) is 12.3 Å². The van der Waals surface area contributed by atoms with Crippen LogP contribution in [0.15, 0.2) is 121 Å². The number of rotatable bonds is 12. The number of hydrogen-bond donors (Lipinski definition) is 0. The summed E-state index contributed by atoms with van der Waals surface area (Å²) in [5.41, 5.74) is 4.46. The van der Waals surface area contributed by atoms with Gasteiger partial charge < -0.3 is 9.13 Å². The van der Waals surface area contributed by atoms with Crippen molar-refractivity contribution in [3.05, 3.63) is 144 Å². The van der Waals surface area contributed by atoms with Crippen LogP contribution in [0.25, 0.3) is 0 Å². The SMILES string of the molecule is O=P(CCCP(=O)(Cc1ccccc1)Cc1ccccc1)(Cc1ccccc1)Cc1ccccc1. The van der Waals surface area contributed by atoms with Crippen molar-refractivity contribution in [2.45, 2.75) is 31.1 Å². The second kappa shape index (κ2) is 12.3. The maximum atomic E-state index is 14.3. The van der Waals surface area contributed by atoms with Crippen LogP contribution in [0.1, 0.15) is 28.7 Å². The Kier molecular flexibility index (Phi) is 8.97. The highest BCUT2D eigenvalue weighted by Crippen LogP contribution is 2.57. The van der Waals surface area contributed by atoms with Gasteiger partial charge in [-0.05, 0) is 28.7 Å². The maximum absolute atomic E-state index is 14.3. The van der Waals surface area contributed by atoms with Gasteiger partial charge in [0, 0.05) is 37.0 Å². The molecule has 4 aromatic rings. The highest BCUT2D eigenvalue weighted by Gasteiger charge is 2.27. The minimum Gasteiger partial charge on any atom is -0.323 e. The summed E-state index contributed by atoms with van der Waals surface area (Å²) in [6.45, 7) is 0. The van der Waals surface area contributed by atoms with Crippen molar-refractivity contribution in [1.82, 2.24) is 0 Å². The molecule has 0 aliphatic rings. The molecule has 35 heavy (non-hydrogen) atoms. The first-order chi connectivity index (χ1) is 17.0. The molecule has 0 unspecified atom stereocenters.